The minimum atomic E-state index is -0.354. The van der Waals surface area contributed by atoms with E-state index in [-0.39, 0.29) is 16.9 Å². The molecular weight excluding hydrogens is 281 g/mol. The second-order valence-corrected chi connectivity index (χ2v) is 6.38. The lowest BCUT2D eigenvalue weighted by atomic mass is 10.0. The average Bonchev–Trinajstić information content (AvgIpc) is 2.71. The molecule has 0 radical (unpaired) electrons. The summed E-state index contributed by atoms with van der Waals surface area (Å²) >= 11 is 7.49. The molecule has 0 saturated carbocycles. The number of rotatable bonds is 4. The van der Waals surface area contributed by atoms with Gasteiger partial charge in [-0.15, -0.1) is 11.3 Å². The molecule has 4 heteroatoms. The zero-order chi connectivity index (χ0) is 14.0. The van der Waals surface area contributed by atoms with E-state index in [1.54, 1.807) is 17.4 Å². The second kappa shape index (κ2) is 6.04. The molecule has 2 aromatic rings. The molecule has 1 nitrogen and oxygen atoms in total. The monoisotopic (exact) mass is 297 g/mol. The molecule has 1 heterocycles. The average molecular weight is 298 g/mol. The summed E-state index contributed by atoms with van der Waals surface area (Å²) in [6.07, 6.45) is 0.754. The predicted molar refractivity (Wildman–Crippen MR) is 80.7 cm³/mol. The number of halogens is 2. The Balaban J connectivity index is 2.21. The fourth-order valence-corrected chi connectivity index (χ4v) is 3.29. The summed E-state index contributed by atoms with van der Waals surface area (Å²) in [6.45, 7) is 4.24. The fourth-order valence-electron chi connectivity index (χ4n) is 2.02. The minimum absolute atomic E-state index is 0.174. The molecule has 1 unspecified atom stereocenters. The van der Waals surface area contributed by atoms with Crippen molar-refractivity contribution >= 4 is 22.9 Å². The van der Waals surface area contributed by atoms with Crippen LogP contribution in [0.1, 0.15) is 26.9 Å². The van der Waals surface area contributed by atoms with Gasteiger partial charge in [0.15, 0.2) is 0 Å². The van der Waals surface area contributed by atoms with Gasteiger partial charge in [-0.25, -0.2) is 4.39 Å². The third kappa shape index (κ3) is 3.35. The fraction of sp³-hybridized carbons (Fsp3) is 0.333. The van der Waals surface area contributed by atoms with Gasteiger partial charge >= 0.3 is 0 Å². The van der Waals surface area contributed by atoms with Crippen molar-refractivity contribution in [3.8, 4) is 0 Å². The summed E-state index contributed by atoms with van der Waals surface area (Å²) < 4.78 is 13.5. The molecule has 1 aromatic heterocycles. The van der Waals surface area contributed by atoms with Gasteiger partial charge in [-0.05, 0) is 56.6 Å². The number of hydrogen-bond acceptors (Lipinski definition) is 2. The lowest BCUT2D eigenvalue weighted by molar-refractivity contribution is 0.592. The number of benzene rings is 1. The van der Waals surface area contributed by atoms with Crippen molar-refractivity contribution in [2.75, 3.05) is 7.05 Å². The van der Waals surface area contributed by atoms with Gasteiger partial charge in [0.05, 0.1) is 5.02 Å². The van der Waals surface area contributed by atoms with Crippen molar-refractivity contribution in [3.05, 3.63) is 56.0 Å². The van der Waals surface area contributed by atoms with E-state index in [4.69, 9.17) is 11.6 Å². The SMILES string of the molecule is CNC(Cc1ccc(Cl)c(F)c1)c1cc(C)c(C)s1. The van der Waals surface area contributed by atoms with Gasteiger partial charge in [0.2, 0.25) is 0 Å². The molecule has 0 fully saturated rings. The van der Waals surface area contributed by atoms with Crippen molar-refractivity contribution in [1.82, 2.24) is 5.32 Å². The number of likely N-dealkylation sites (N-methyl/N-ethyl adjacent to an activating group) is 1. The second-order valence-electron chi connectivity index (χ2n) is 4.68. The number of aryl methyl sites for hydroxylation is 2. The minimum Gasteiger partial charge on any atom is -0.312 e. The van der Waals surface area contributed by atoms with E-state index in [1.165, 1.54) is 21.4 Å². The van der Waals surface area contributed by atoms with Crippen molar-refractivity contribution in [2.24, 2.45) is 0 Å². The molecule has 1 aromatic carbocycles. The van der Waals surface area contributed by atoms with Gasteiger partial charge in [-0.3, -0.25) is 0 Å². The van der Waals surface area contributed by atoms with Crippen molar-refractivity contribution < 1.29 is 4.39 Å². The Morgan fingerprint density at radius 2 is 2.05 bits per heavy atom. The normalized spacial score (nSPS) is 12.7. The van der Waals surface area contributed by atoms with Gasteiger partial charge < -0.3 is 5.32 Å². The Hall–Kier alpha value is -0.900. The van der Waals surface area contributed by atoms with E-state index < -0.39 is 0 Å². The van der Waals surface area contributed by atoms with Crippen LogP contribution in [0.4, 0.5) is 4.39 Å². The molecular formula is C15H17ClFNS. The Bertz CT molecular complexity index is 560. The summed E-state index contributed by atoms with van der Waals surface area (Å²) in [5.41, 5.74) is 2.26. The van der Waals surface area contributed by atoms with E-state index in [2.05, 4.69) is 25.2 Å². The summed E-state index contributed by atoms with van der Waals surface area (Å²) in [4.78, 5) is 2.62. The van der Waals surface area contributed by atoms with Crippen LogP contribution in [0.3, 0.4) is 0 Å². The topological polar surface area (TPSA) is 12.0 Å². The predicted octanol–water partition coefficient (Wildman–Crippen LogP) is 4.66. The number of thiophene rings is 1. The maximum Gasteiger partial charge on any atom is 0.142 e. The van der Waals surface area contributed by atoms with Crippen LogP contribution in [0.5, 0.6) is 0 Å². The van der Waals surface area contributed by atoms with Crippen LogP contribution in [-0.2, 0) is 6.42 Å². The van der Waals surface area contributed by atoms with Gasteiger partial charge in [-0.2, -0.15) is 0 Å². The van der Waals surface area contributed by atoms with Crippen molar-refractivity contribution in [2.45, 2.75) is 26.3 Å². The van der Waals surface area contributed by atoms with E-state index in [0.717, 1.165) is 12.0 Å². The molecule has 0 saturated heterocycles. The first-order valence-corrected chi connectivity index (χ1v) is 7.39. The Morgan fingerprint density at radius 3 is 2.58 bits per heavy atom. The zero-order valence-electron chi connectivity index (χ0n) is 11.3. The van der Waals surface area contributed by atoms with E-state index in [1.807, 2.05) is 13.1 Å². The van der Waals surface area contributed by atoms with Gasteiger partial charge in [0.25, 0.3) is 0 Å². The Kier molecular flexibility index (Phi) is 4.61. The molecule has 0 bridgehead atoms. The smallest absolute Gasteiger partial charge is 0.142 e. The van der Waals surface area contributed by atoms with E-state index in [0.29, 0.717) is 0 Å². The van der Waals surface area contributed by atoms with Gasteiger partial charge in [-0.1, -0.05) is 17.7 Å². The van der Waals surface area contributed by atoms with Crippen LogP contribution < -0.4 is 5.32 Å². The van der Waals surface area contributed by atoms with Gasteiger partial charge in [0.1, 0.15) is 5.82 Å². The van der Waals surface area contributed by atoms with Crippen LogP contribution in [0.2, 0.25) is 5.02 Å². The highest BCUT2D eigenvalue weighted by molar-refractivity contribution is 7.12. The lowest BCUT2D eigenvalue weighted by Crippen LogP contribution is -2.17. The largest absolute Gasteiger partial charge is 0.312 e. The first kappa shape index (κ1) is 14.5. The quantitative estimate of drug-likeness (QED) is 0.865. The number of nitrogens with one attached hydrogen (secondary N) is 1. The van der Waals surface area contributed by atoms with Gasteiger partial charge in [0, 0.05) is 15.8 Å². The van der Waals surface area contributed by atoms with Crippen LogP contribution in [-0.4, -0.2) is 7.05 Å². The molecule has 0 spiro atoms. The maximum absolute atomic E-state index is 13.5. The highest BCUT2D eigenvalue weighted by atomic mass is 35.5. The van der Waals surface area contributed by atoms with E-state index in [9.17, 15) is 4.39 Å². The van der Waals surface area contributed by atoms with E-state index >= 15 is 0 Å². The molecule has 2 rings (SSSR count). The van der Waals surface area contributed by atoms with Crippen LogP contribution >= 0.6 is 22.9 Å². The van der Waals surface area contributed by atoms with Crippen LogP contribution in [0.15, 0.2) is 24.3 Å². The first-order valence-electron chi connectivity index (χ1n) is 6.19. The summed E-state index contributed by atoms with van der Waals surface area (Å²) in [6, 6.07) is 7.42. The van der Waals surface area contributed by atoms with Crippen molar-refractivity contribution in [1.29, 1.82) is 0 Å². The molecule has 19 heavy (non-hydrogen) atoms. The zero-order valence-corrected chi connectivity index (χ0v) is 12.8. The summed E-state index contributed by atoms with van der Waals surface area (Å²) in [5.74, 6) is -0.354. The number of hydrogen-bond donors (Lipinski definition) is 1. The third-order valence-corrected chi connectivity index (χ3v) is 4.87. The maximum atomic E-state index is 13.5. The molecule has 1 N–H and O–H groups in total. The highest BCUT2D eigenvalue weighted by Gasteiger charge is 2.14. The molecule has 0 amide bonds. The summed E-state index contributed by atoms with van der Waals surface area (Å²) in [7, 11) is 1.93. The van der Waals surface area contributed by atoms with Crippen LogP contribution in [0, 0.1) is 19.7 Å². The third-order valence-electron chi connectivity index (χ3n) is 3.30. The molecule has 0 aliphatic heterocycles. The summed E-state index contributed by atoms with van der Waals surface area (Å²) in [5, 5.41) is 3.47. The standard InChI is InChI=1S/C15H17ClFNS/c1-9-6-15(19-10(9)2)14(18-3)8-11-4-5-12(16)13(17)7-11/h4-7,14,18H,8H2,1-3H3. The Morgan fingerprint density at radius 1 is 1.32 bits per heavy atom. The van der Waals surface area contributed by atoms with Crippen LogP contribution in [0.25, 0.3) is 0 Å². The molecule has 1 atom stereocenters. The van der Waals surface area contributed by atoms with Crippen molar-refractivity contribution in [3.63, 3.8) is 0 Å². The molecule has 0 aliphatic carbocycles. The Labute approximate surface area is 122 Å². The lowest BCUT2D eigenvalue weighted by Gasteiger charge is -2.14. The molecule has 102 valence electrons. The first-order chi connectivity index (χ1) is 9.01. The molecule has 0 aliphatic rings. The highest BCUT2D eigenvalue weighted by Crippen LogP contribution is 2.29.